The Morgan fingerprint density at radius 1 is 1.33 bits per heavy atom. The Hall–Kier alpha value is -1.02. The van der Waals surface area contributed by atoms with Gasteiger partial charge in [0.15, 0.2) is 0 Å². The number of benzene rings is 1. The molecular weight excluding hydrogens is 210 g/mol. The van der Waals surface area contributed by atoms with Crippen LogP contribution in [0.25, 0.3) is 0 Å². The van der Waals surface area contributed by atoms with Crippen LogP contribution in [0.15, 0.2) is 24.3 Å². The molecule has 0 aliphatic rings. The first-order valence-corrected chi connectivity index (χ1v) is 5.66. The number of rotatable bonds is 5. The van der Waals surface area contributed by atoms with Gasteiger partial charge in [0, 0.05) is 6.42 Å². The number of hydrogen-bond acceptors (Lipinski definition) is 1. The monoisotopic (exact) mass is 225 g/mol. The van der Waals surface area contributed by atoms with Crippen LogP contribution in [0.3, 0.4) is 0 Å². The van der Waals surface area contributed by atoms with E-state index in [9.17, 15) is 4.79 Å². The molecule has 0 aliphatic carbocycles. The largest absolute Gasteiger partial charge is 0.325 e. The standard InChI is InChI=1S/C12H16ClNO/c1-2-3-4-9-12(15)14-11-8-6-5-7-10(11)13/h5-8H,2-4,9H2,1H3,(H,14,15). The van der Waals surface area contributed by atoms with Crippen LogP contribution in [0.2, 0.25) is 5.02 Å². The van der Waals surface area contributed by atoms with Gasteiger partial charge in [-0.05, 0) is 18.6 Å². The molecule has 3 heteroatoms. The van der Waals surface area contributed by atoms with Crippen LogP contribution < -0.4 is 5.32 Å². The Kier molecular flexibility index (Phi) is 5.19. The third-order valence-corrected chi connectivity index (χ3v) is 2.48. The first kappa shape index (κ1) is 12.1. The highest BCUT2D eigenvalue weighted by Gasteiger charge is 2.04. The minimum Gasteiger partial charge on any atom is -0.325 e. The van der Waals surface area contributed by atoms with E-state index in [0.717, 1.165) is 19.3 Å². The fourth-order valence-corrected chi connectivity index (χ4v) is 1.49. The van der Waals surface area contributed by atoms with Crippen molar-refractivity contribution in [2.75, 3.05) is 5.32 Å². The molecule has 0 heterocycles. The van der Waals surface area contributed by atoms with Crippen molar-refractivity contribution in [3.05, 3.63) is 29.3 Å². The number of amides is 1. The number of anilines is 1. The topological polar surface area (TPSA) is 29.1 Å². The highest BCUT2D eigenvalue weighted by molar-refractivity contribution is 6.33. The molecule has 1 amide bonds. The van der Waals surface area contributed by atoms with Crippen molar-refractivity contribution in [1.29, 1.82) is 0 Å². The summed E-state index contributed by atoms with van der Waals surface area (Å²) < 4.78 is 0. The molecule has 0 bridgehead atoms. The molecule has 0 aliphatic heterocycles. The highest BCUT2D eigenvalue weighted by Crippen LogP contribution is 2.20. The molecule has 82 valence electrons. The van der Waals surface area contributed by atoms with Gasteiger partial charge in [-0.2, -0.15) is 0 Å². The van der Waals surface area contributed by atoms with Gasteiger partial charge in [-0.3, -0.25) is 4.79 Å². The van der Waals surface area contributed by atoms with E-state index in [4.69, 9.17) is 11.6 Å². The van der Waals surface area contributed by atoms with Crippen LogP contribution in [-0.4, -0.2) is 5.91 Å². The number of nitrogens with one attached hydrogen (secondary N) is 1. The zero-order chi connectivity index (χ0) is 11.1. The van der Waals surface area contributed by atoms with Crippen LogP contribution in [0.4, 0.5) is 5.69 Å². The van der Waals surface area contributed by atoms with E-state index in [0.29, 0.717) is 17.1 Å². The summed E-state index contributed by atoms with van der Waals surface area (Å²) >= 11 is 5.91. The number of halogens is 1. The average molecular weight is 226 g/mol. The number of para-hydroxylation sites is 1. The van der Waals surface area contributed by atoms with Crippen molar-refractivity contribution in [1.82, 2.24) is 0 Å². The van der Waals surface area contributed by atoms with Crippen molar-refractivity contribution in [2.24, 2.45) is 0 Å². The molecule has 1 aromatic carbocycles. The Morgan fingerprint density at radius 3 is 2.73 bits per heavy atom. The van der Waals surface area contributed by atoms with E-state index in [1.54, 1.807) is 12.1 Å². The lowest BCUT2D eigenvalue weighted by molar-refractivity contribution is -0.116. The molecule has 0 radical (unpaired) electrons. The molecule has 15 heavy (non-hydrogen) atoms. The van der Waals surface area contributed by atoms with Gasteiger partial charge in [0.1, 0.15) is 0 Å². The number of unbranched alkanes of at least 4 members (excludes halogenated alkanes) is 2. The van der Waals surface area contributed by atoms with Crippen LogP contribution in [0, 0.1) is 0 Å². The third-order valence-electron chi connectivity index (χ3n) is 2.16. The van der Waals surface area contributed by atoms with E-state index in [2.05, 4.69) is 12.2 Å². The predicted octanol–water partition coefficient (Wildman–Crippen LogP) is 3.86. The summed E-state index contributed by atoms with van der Waals surface area (Å²) in [5.41, 5.74) is 0.695. The van der Waals surface area contributed by atoms with Gasteiger partial charge < -0.3 is 5.32 Å². The van der Waals surface area contributed by atoms with Crippen molar-refractivity contribution in [2.45, 2.75) is 32.6 Å². The molecule has 0 aromatic heterocycles. The second kappa shape index (κ2) is 6.46. The average Bonchev–Trinajstić information content (AvgIpc) is 2.22. The summed E-state index contributed by atoms with van der Waals surface area (Å²) in [5, 5.41) is 3.38. The Bertz CT molecular complexity index is 325. The maximum atomic E-state index is 11.5. The summed E-state index contributed by atoms with van der Waals surface area (Å²) in [6.45, 7) is 2.12. The normalized spacial score (nSPS) is 10.0. The maximum Gasteiger partial charge on any atom is 0.224 e. The molecule has 1 N–H and O–H groups in total. The van der Waals surface area contributed by atoms with E-state index in [1.165, 1.54) is 0 Å². The molecule has 0 saturated heterocycles. The molecular formula is C12H16ClNO. The maximum absolute atomic E-state index is 11.5. The van der Waals surface area contributed by atoms with Gasteiger partial charge in [-0.15, -0.1) is 0 Å². The van der Waals surface area contributed by atoms with Crippen molar-refractivity contribution in [3.63, 3.8) is 0 Å². The van der Waals surface area contributed by atoms with Crippen molar-refractivity contribution in [3.8, 4) is 0 Å². The molecule has 1 rings (SSSR count). The van der Waals surface area contributed by atoms with E-state index < -0.39 is 0 Å². The first-order chi connectivity index (χ1) is 7.24. The lowest BCUT2D eigenvalue weighted by Gasteiger charge is -2.06. The van der Waals surface area contributed by atoms with E-state index in [1.807, 2.05) is 12.1 Å². The summed E-state index contributed by atoms with van der Waals surface area (Å²) in [5.74, 6) is 0.0385. The number of hydrogen-bond donors (Lipinski definition) is 1. The minimum absolute atomic E-state index is 0.0385. The molecule has 0 atom stereocenters. The van der Waals surface area contributed by atoms with Gasteiger partial charge in [0.05, 0.1) is 10.7 Å². The summed E-state index contributed by atoms with van der Waals surface area (Å²) in [7, 11) is 0. The minimum atomic E-state index is 0.0385. The van der Waals surface area contributed by atoms with Gasteiger partial charge in [-0.25, -0.2) is 0 Å². The Labute approximate surface area is 95.6 Å². The Balaban J connectivity index is 2.41. The smallest absolute Gasteiger partial charge is 0.224 e. The number of carbonyl (C=O) groups is 1. The quantitative estimate of drug-likeness (QED) is 0.758. The van der Waals surface area contributed by atoms with Gasteiger partial charge in [0.25, 0.3) is 0 Å². The molecule has 0 spiro atoms. The SMILES string of the molecule is CCCCCC(=O)Nc1ccccc1Cl. The predicted molar refractivity (Wildman–Crippen MR) is 64.2 cm³/mol. The first-order valence-electron chi connectivity index (χ1n) is 5.28. The van der Waals surface area contributed by atoms with Crippen LogP contribution >= 0.6 is 11.6 Å². The molecule has 0 fully saturated rings. The van der Waals surface area contributed by atoms with Gasteiger partial charge >= 0.3 is 0 Å². The van der Waals surface area contributed by atoms with Crippen molar-refractivity contribution < 1.29 is 4.79 Å². The van der Waals surface area contributed by atoms with Gasteiger partial charge in [-0.1, -0.05) is 43.5 Å². The zero-order valence-corrected chi connectivity index (χ0v) is 9.68. The fourth-order valence-electron chi connectivity index (χ4n) is 1.31. The van der Waals surface area contributed by atoms with E-state index >= 15 is 0 Å². The second-order valence-corrected chi connectivity index (χ2v) is 3.89. The van der Waals surface area contributed by atoms with Gasteiger partial charge in [0.2, 0.25) is 5.91 Å². The second-order valence-electron chi connectivity index (χ2n) is 3.49. The lowest BCUT2D eigenvalue weighted by Crippen LogP contribution is -2.11. The fraction of sp³-hybridized carbons (Fsp3) is 0.417. The van der Waals surface area contributed by atoms with Crippen LogP contribution in [0.1, 0.15) is 32.6 Å². The molecule has 1 aromatic rings. The summed E-state index contributed by atoms with van der Waals surface area (Å²) in [4.78, 5) is 11.5. The number of carbonyl (C=O) groups excluding carboxylic acids is 1. The summed E-state index contributed by atoms with van der Waals surface area (Å²) in [6, 6.07) is 7.27. The molecule has 0 unspecified atom stereocenters. The zero-order valence-electron chi connectivity index (χ0n) is 8.92. The highest BCUT2D eigenvalue weighted by atomic mass is 35.5. The lowest BCUT2D eigenvalue weighted by atomic mass is 10.2. The van der Waals surface area contributed by atoms with Crippen LogP contribution in [-0.2, 0) is 4.79 Å². The summed E-state index contributed by atoms with van der Waals surface area (Å²) in [6.07, 6.45) is 3.72. The third kappa shape index (κ3) is 4.34. The van der Waals surface area contributed by atoms with E-state index in [-0.39, 0.29) is 5.91 Å². The molecule has 0 saturated carbocycles. The van der Waals surface area contributed by atoms with Crippen molar-refractivity contribution >= 4 is 23.2 Å². The van der Waals surface area contributed by atoms with Crippen LogP contribution in [0.5, 0.6) is 0 Å². The Morgan fingerprint density at radius 2 is 2.07 bits per heavy atom. The molecule has 2 nitrogen and oxygen atoms in total.